The summed E-state index contributed by atoms with van der Waals surface area (Å²) in [5, 5.41) is 9.91. The molecule has 19 rings (SSSR count). The minimum atomic E-state index is -0.661. The smallest absolute Gasteiger partial charge is 0.0725 e. The third-order valence-corrected chi connectivity index (χ3v) is 19.3. The van der Waals surface area contributed by atoms with Crippen molar-refractivity contribution in [2.75, 3.05) is 4.90 Å². The van der Waals surface area contributed by atoms with Crippen molar-refractivity contribution >= 4 is 71.2 Å². The molecule has 2 heteroatoms. The Labute approximate surface area is 474 Å². The SMILES string of the molecule is c1ccc2c(c1)-c1ccccc1C21c2ccccc2-c2cc(N(c3ccc4c(c3)-c3cccc5c3-c3c(ccc6c7ccccc7n-4c36)C5(c3ccc4ccccc4c3)c3cccc4ccccc34)c3ccc4ccccc4c3)ccc21. The molecule has 4 aliphatic rings. The minimum Gasteiger partial charge on any atom is -0.310 e. The molecule has 0 saturated carbocycles. The molecule has 14 aromatic carbocycles. The van der Waals surface area contributed by atoms with Gasteiger partial charge in [-0.3, -0.25) is 0 Å². The Balaban J connectivity index is 0.901. The lowest BCUT2D eigenvalue weighted by Gasteiger charge is -2.35. The molecule has 378 valence electrons. The molecule has 2 nitrogen and oxygen atoms in total. The van der Waals surface area contributed by atoms with Crippen LogP contribution in [0.2, 0.25) is 0 Å². The fourth-order valence-electron chi connectivity index (χ4n) is 16.2. The third kappa shape index (κ3) is 5.49. The summed E-state index contributed by atoms with van der Waals surface area (Å²) in [5.41, 5.74) is 26.6. The number of rotatable bonds is 5. The van der Waals surface area contributed by atoms with Gasteiger partial charge in [0.25, 0.3) is 0 Å². The van der Waals surface area contributed by atoms with E-state index in [-0.39, 0.29) is 0 Å². The van der Waals surface area contributed by atoms with Crippen LogP contribution in [-0.4, -0.2) is 4.57 Å². The minimum absolute atomic E-state index is 0.435. The Morgan fingerprint density at radius 3 is 1.50 bits per heavy atom. The van der Waals surface area contributed by atoms with Gasteiger partial charge in [0.2, 0.25) is 0 Å². The Kier molecular flexibility index (Phi) is 8.69. The van der Waals surface area contributed by atoms with Crippen LogP contribution in [0.25, 0.3) is 104 Å². The highest BCUT2D eigenvalue weighted by Gasteiger charge is 2.53. The molecule has 0 amide bonds. The Bertz CT molecular complexity index is 5270. The van der Waals surface area contributed by atoms with Crippen LogP contribution in [0.1, 0.15) is 44.5 Å². The largest absolute Gasteiger partial charge is 0.310 e. The van der Waals surface area contributed by atoms with Gasteiger partial charge in [0.15, 0.2) is 0 Å². The van der Waals surface area contributed by atoms with Gasteiger partial charge in [0.05, 0.1) is 27.6 Å². The fourth-order valence-corrected chi connectivity index (χ4v) is 16.2. The van der Waals surface area contributed by atoms with Gasteiger partial charge in [-0.1, -0.05) is 237 Å². The zero-order chi connectivity index (χ0) is 53.4. The van der Waals surface area contributed by atoms with E-state index in [1.807, 2.05) is 0 Å². The van der Waals surface area contributed by atoms with Gasteiger partial charge in [-0.25, -0.2) is 0 Å². The number of aromatic nitrogens is 1. The Morgan fingerprint density at radius 1 is 0.256 bits per heavy atom. The monoisotopic (exact) mass is 1040 g/mol. The first kappa shape index (κ1) is 44.3. The highest BCUT2D eigenvalue weighted by molar-refractivity contribution is 6.20. The first-order valence-corrected chi connectivity index (χ1v) is 28.7. The maximum absolute atomic E-state index is 2.61. The van der Waals surface area contributed by atoms with Crippen LogP contribution in [0.15, 0.2) is 291 Å². The second-order valence-corrected chi connectivity index (χ2v) is 23.0. The van der Waals surface area contributed by atoms with Gasteiger partial charge in [0, 0.05) is 39.0 Å². The first-order valence-electron chi connectivity index (χ1n) is 28.7. The highest BCUT2D eigenvalue weighted by Crippen LogP contribution is 2.65. The number of para-hydroxylation sites is 1. The zero-order valence-corrected chi connectivity index (χ0v) is 44.6. The standard InChI is InChI=1S/C80H48N2/c1-3-20-52-45-54(37-35-49(52)17-1)79(67-32-15-22-51-19-5-6-23-58(51)67)72-33-16-28-63-66-48-57(40-44-75(66)82-74-34-14-10-27-62(74)64-41-43-73(79)77(76(63)72)78(64)82)81(55-38-36-50-18-2-4-21-53(50)46-55)56-39-42-71-65(47-56)61-26-9-13-31-70(61)80(71)68-29-11-7-24-59(68)60-25-8-12-30-69(60)80/h1-48H. The topological polar surface area (TPSA) is 8.17 Å². The van der Waals surface area contributed by atoms with Crippen molar-refractivity contribution in [3.63, 3.8) is 0 Å². The molecule has 82 heavy (non-hydrogen) atoms. The van der Waals surface area contributed by atoms with Crippen molar-refractivity contribution in [1.29, 1.82) is 0 Å². The van der Waals surface area contributed by atoms with Gasteiger partial charge < -0.3 is 9.47 Å². The van der Waals surface area contributed by atoms with Gasteiger partial charge in [-0.2, -0.15) is 0 Å². The summed E-state index contributed by atoms with van der Waals surface area (Å²) < 4.78 is 2.61. The molecule has 1 unspecified atom stereocenters. The van der Waals surface area contributed by atoms with E-state index >= 15 is 0 Å². The number of fused-ring (bicyclic) bond motifs is 19. The van der Waals surface area contributed by atoms with Gasteiger partial charge in [-0.05, 0) is 165 Å². The van der Waals surface area contributed by atoms with Crippen molar-refractivity contribution in [1.82, 2.24) is 4.57 Å². The van der Waals surface area contributed by atoms with E-state index in [9.17, 15) is 0 Å². The van der Waals surface area contributed by atoms with E-state index in [4.69, 9.17) is 0 Å². The van der Waals surface area contributed by atoms with Crippen molar-refractivity contribution < 1.29 is 0 Å². The number of benzene rings is 14. The van der Waals surface area contributed by atoms with Crippen LogP contribution in [0.3, 0.4) is 0 Å². The normalized spacial score (nSPS) is 15.2. The molecule has 1 atom stereocenters. The molecule has 1 aliphatic heterocycles. The lowest BCUT2D eigenvalue weighted by molar-refractivity contribution is 0.778. The lowest BCUT2D eigenvalue weighted by atomic mass is 9.66. The van der Waals surface area contributed by atoms with Crippen LogP contribution in [-0.2, 0) is 10.8 Å². The second kappa shape index (κ2) is 16.1. The van der Waals surface area contributed by atoms with Crippen LogP contribution in [0.5, 0.6) is 0 Å². The number of hydrogen-bond donors (Lipinski definition) is 0. The molecule has 0 radical (unpaired) electrons. The van der Waals surface area contributed by atoms with E-state index in [1.54, 1.807) is 0 Å². The van der Waals surface area contributed by atoms with E-state index in [0.29, 0.717) is 0 Å². The summed E-state index contributed by atoms with van der Waals surface area (Å²) in [6, 6.07) is 111. The van der Waals surface area contributed by atoms with Crippen LogP contribution < -0.4 is 4.90 Å². The van der Waals surface area contributed by atoms with Crippen molar-refractivity contribution in [3.05, 3.63) is 336 Å². The van der Waals surface area contributed by atoms with E-state index < -0.39 is 10.8 Å². The average Bonchev–Trinajstić information content (AvgIpc) is 1.62. The quantitative estimate of drug-likeness (QED) is 0.167. The number of nitrogens with zero attached hydrogens (tertiary/aromatic N) is 2. The third-order valence-electron chi connectivity index (χ3n) is 19.3. The summed E-state index contributed by atoms with van der Waals surface area (Å²) in [5.74, 6) is 0. The molecule has 1 spiro atoms. The molecule has 15 aromatic rings. The first-order chi connectivity index (χ1) is 40.7. The fraction of sp³-hybridized carbons (Fsp3) is 0.0250. The van der Waals surface area contributed by atoms with Crippen LogP contribution in [0, 0.1) is 0 Å². The van der Waals surface area contributed by atoms with Crippen molar-refractivity contribution in [2.45, 2.75) is 10.8 Å². The molecular formula is C80H48N2. The Morgan fingerprint density at radius 2 is 0.744 bits per heavy atom. The summed E-state index contributed by atoms with van der Waals surface area (Å²) in [4.78, 5) is 2.52. The second-order valence-electron chi connectivity index (χ2n) is 23.0. The van der Waals surface area contributed by atoms with Crippen LogP contribution >= 0.6 is 0 Å². The van der Waals surface area contributed by atoms with E-state index in [1.165, 1.54) is 149 Å². The summed E-state index contributed by atoms with van der Waals surface area (Å²) >= 11 is 0. The lowest BCUT2D eigenvalue weighted by Crippen LogP contribution is -2.29. The molecular weight excluding hydrogens is 989 g/mol. The molecule has 0 N–H and O–H groups in total. The van der Waals surface area contributed by atoms with Gasteiger partial charge in [0.1, 0.15) is 0 Å². The predicted octanol–water partition coefficient (Wildman–Crippen LogP) is 20.4. The molecule has 0 fully saturated rings. The predicted molar refractivity (Wildman–Crippen MR) is 341 cm³/mol. The van der Waals surface area contributed by atoms with Crippen molar-refractivity contribution in [3.8, 4) is 50.2 Å². The molecule has 0 saturated heterocycles. The highest BCUT2D eigenvalue weighted by atomic mass is 15.1. The number of hydrogen-bond acceptors (Lipinski definition) is 1. The molecule has 3 aliphatic carbocycles. The summed E-state index contributed by atoms with van der Waals surface area (Å²) in [6.45, 7) is 0. The summed E-state index contributed by atoms with van der Waals surface area (Å²) in [7, 11) is 0. The molecule has 2 heterocycles. The maximum atomic E-state index is 2.61. The van der Waals surface area contributed by atoms with E-state index in [0.717, 1.165) is 17.1 Å². The molecule has 0 bridgehead atoms. The van der Waals surface area contributed by atoms with Gasteiger partial charge in [-0.15, -0.1) is 0 Å². The van der Waals surface area contributed by atoms with E-state index in [2.05, 4.69) is 301 Å². The zero-order valence-electron chi connectivity index (χ0n) is 44.6. The Hall–Kier alpha value is -10.5. The number of anilines is 3. The maximum Gasteiger partial charge on any atom is 0.0725 e. The van der Waals surface area contributed by atoms with Crippen LogP contribution in [0.4, 0.5) is 17.1 Å². The van der Waals surface area contributed by atoms with Gasteiger partial charge >= 0.3 is 0 Å². The molecule has 1 aromatic heterocycles. The van der Waals surface area contributed by atoms with Crippen molar-refractivity contribution in [2.24, 2.45) is 0 Å². The average molecular weight is 1040 g/mol. The summed E-state index contributed by atoms with van der Waals surface area (Å²) in [6.07, 6.45) is 0.